The van der Waals surface area contributed by atoms with Crippen molar-refractivity contribution in [3.63, 3.8) is 0 Å². The van der Waals surface area contributed by atoms with Crippen molar-refractivity contribution in [2.24, 2.45) is 0 Å². The summed E-state index contributed by atoms with van der Waals surface area (Å²) in [4.78, 5) is 2.55. The van der Waals surface area contributed by atoms with Crippen LogP contribution in [0, 0.1) is 6.92 Å². The summed E-state index contributed by atoms with van der Waals surface area (Å²) in [5, 5.41) is 6.98. The molecule has 1 saturated heterocycles. The van der Waals surface area contributed by atoms with Crippen LogP contribution >= 0.6 is 15.9 Å². The van der Waals surface area contributed by atoms with Crippen LogP contribution < -0.4 is 10.6 Å². The van der Waals surface area contributed by atoms with Crippen molar-refractivity contribution in [3.05, 3.63) is 33.8 Å². The third-order valence-electron chi connectivity index (χ3n) is 3.84. The minimum absolute atomic E-state index is 0.606. The summed E-state index contributed by atoms with van der Waals surface area (Å²) in [7, 11) is 0. The number of rotatable bonds is 5. The third-order valence-corrected chi connectivity index (χ3v) is 4.33. The Bertz CT molecular complexity index is 402. The Hall–Kier alpha value is -0.420. The first-order chi connectivity index (χ1) is 9.16. The fourth-order valence-corrected chi connectivity index (χ4v) is 2.91. The lowest BCUT2D eigenvalue weighted by Gasteiger charge is -2.33. The van der Waals surface area contributed by atoms with Gasteiger partial charge in [-0.1, -0.05) is 22.0 Å². The van der Waals surface area contributed by atoms with Crippen LogP contribution in [0.3, 0.4) is 0 Å². The standard InChI is InChI=1S/C15H24BrN3/c1-12-3-4-15(16)9-14(12)11-18-10-13(2)19-7-5-17-6-8-19/h3-4,9,13,17-18H,5-8,10-11H2,1-2H3. The van der Waals surface area contributed by atoms with Crippen molar-refractivity contribution >= 4 is 15.9 Å². The smallest absolute Gasteiger partial charge is 0.0209 e. The molecule has 0 amide bonds. The molecule has 1 atom stereocenters. The Labute approximate surface area is 124 Å². The highest BCUT2D eigenvalue weighted by Crippen LogP contribution is 2.15. The molecule has 0 bridgehead atoms. The summed E-state index contributed by atoms with van der Waals surface area (Å²) in [6.45, 7) is 11.0. The van der Waals surface area contributed by atoms with Gasteiger partial charge in [-0.25, -0.2) is 0 Å². The molecule has 1 aromatic rings. The third kappa shape index (κ3) is 4.56. The van der Waals surface area contributed by atoms with Crippen molar-refractivity contribution in [2.45, 2.75) is 26.4 Å². The predicted octanol–water partition coefficient (Wildman–Crippen LogP) is 2.14. The van der Waals surface area contributed by atoms with E-state index in [0.29, 0.717) is 6.04 Å². The second-order valence-electron chi connectivity index (χ2n) is 5.34. The van der Waals surface area contributed by atoms with Gasteiger partial charge in [-0.3, -0.25) is 4.90 Å². The van der Waals surface area contributed by atoms with Crippen LogP contribution in [0.2, 0.25) is 0 Å². The van der Waals surface area contributed by atoms with E-state index in [0.717, 1.165) is 30.7 Å². The molecule has 1 fully saturated rings. The number of hydrogen-bond donors (Lipinski definition) is 2. The number of hydrogen-bond acceptors (Lipinski definition) is 3. The van der Waals surface area contributed by atoms with Gasteiger partial charge < -0.3 is 10.6 Å². The van der Waals surface area contributed by atoms with Crippen LogP contribution in [0.25, 0.3) is 0 Å². The molecule has 1 aliphatic rings. The first kappa shape index (κ1) is 15.0. The minimum atomic E-state index is 0.606. The Balaban J connectivity index is 1.77. The van der Waals surface area contributed by atoms with Crippen LogP contribution in [-0.4, -0.2) is 43.7 Å². The molecule has 0 aliphatic carbocycles. The molecule has 2 N–H and O–H groups in total. The van der Waals surface area contributed by atoms with E-state index in [-0.39, 0.29) is 0 Å². The van der Waals surface area contributed by atoms with E-state index >= 15 is 0 Å². The molecule has 19 heavy (non-hydrogen) atoms. The maximum atomic E-state index is 3.58. The van der Waals surface area contributed by atoms with Gasteiger partial charge in [0.25, 0.3) is 0 Å². The van der Waals surface area contributed by atoms with E-state index in [4.69, 9.17) is 0 Å². The van der Waals surface area contributed by atoms with Gasteiger partial charge in [-0.15, -0.1) is 0 Å². The summed E-state index contributed by atoms with van der Waals surface area (Å²) < 4.78 is 1.16. The van der Waals surface area contributed by atoms with Crippen LogP contribution in [0.5, 0.6) is 0 Å². The lowest BCUT2D eigenvalue weighted by molar-refractivity contribution is 0.181. The van der Waals surface area contributed by atoms with Crippen LogP contribution in [0.4, 0.5) is 0 Å². The molecule has 1 aromatic carbocycles. The average Bonchev–Trinajstić information content (AvgIpc) is 2.43. The van der Waals surface area contributed by atoms with Crippen LogP contribution in [0.1, 0.15) is 18.1 Å². The highest BCUT2D eigenvalue weighted by molar-refractivity contribution is 9.10. The summed E-state index contributed by atoms with van der Waals surface area (Å²) in [6, 6.07) is 7.08. The lowest BCUT2D eigenvalue weighted by Crippen LogP contribution is -2.50. The maximum absolute atomic E-state index is 3.58. The molecule has 0 saturated carbocycles. The van der Waals surface area contributed by atoms with Gasteiger partial charge in [0.1, 0.15) is 0 Å². The summed E-state index contributed by atoms with van der Waals surface area (Å²) in [5.74, 6) is 0. The SMILES string of the molecule is Cc1ccc(Br)cc1CNCC(C)N1CCNCC1. The zero-order valence-corrected chi connectivity index (χ0v) is 13.5. The monoisotopic (exact) mass is 325 g/mol. The van der Waals surface area contributed by atoms with E-state index < -0.39 is 0 Å². The normalized spacial score (nSPS) is 18.5. The highest BCUT2D eigenvalue weighted by atomic mass is 79.9. The van der Waals surface area contributed by atoms with Crippen molar-refractivity contribution < 1.29 is 0 Å². The van der Waals surface area contributed by atoms with Crippen molar-refractivity contribution in [1.29, 1.82) is 0 Å². The molecule has 0 radical (unpaired) electrons. The second kappa shape index (κ2) is 7.39. The van der Waals surface area contributed by atoms with Gasteiger partial charge in [-0.05, 0) is 37.1 Å². The average molecular weight is 326 g/mol. The van der Waals surface area contributed by atoms with E-state index in [2.05, 4.69) is 63.5 Å². The van der Waals surface area contributed by atoms with E-state index in [1.54, 1.807) is 0 Å². The fourth-order valence-electron chi connectivity index (χ4n) is 2.50. The molecule has 1 unspecified atom stereocenters. The Morgan fingerprint density at radius 3 is 2.84 bits per heavy atom. The zero-order valence-electron chi connectivity index (χ0n) is 11.9. The van der Waals surface area contributed by atoms with Crippen molar-refractivity contribution in [2.75, 3.05) is 32.7 Å². The number of piperazine rings is 1. The van der Waals surface area contributed by atoms with Gasteiger partial charge in [0.05, 0.1) is 0 Å². The highest BCUT2D eigenvalue weighted by Gasteiger charge is 2.15. The van der Waals surface area contributed by atoms with E-state index in [1.807, 2.05) is 0 Å². The summed E-state index contributed by atoms with van der Waals surface area (Å²) in [6.07, 6.45) is 0. The van der Waals surface area contributed by atoms with Gasteiger partial charge >= 0.3 is 0 Å². The zero-order chi connectivity index (χ0) is 13.7. The van der Waals surface area contributed by atoms with Gasteiger partial charge in [0.15, 0.2) is 0 Å². The maximum Gasteiger partial charge on any atom is 0.0209 e. The first-order valence-electron chi connectivity index (χ1n) is 7.07. The second-order valence-corrected chi connectivity index (χ2v) is 6.25. The quantitative estimate of drug-likeness (QED) is 0.868. The molecule has 0 spiro atoms. The molecule has 0 aromatic heterocycles. The largest absolute Gasteiger partial charge is 0.314 e. The van der Waals surface area contributed by atoms with Crippen LogP contribution in [0.15, 0.2) is 22.7 Å². The van der Waals surface area contributed by atoms with Crippen molar-refractivity contribution in [3.8, 4) is 0 Å². The number of benzene rings is 1. The van der Waals surface area contributed by atoms with Crippen LogP contribution in [-0.2, 0) is 6.54 Å². The Morgan fingerprint density at radius 1 is 1.37 bits per heavy atom. The van der Waals surface area contributed by atoms with Gasteiger partial charge in [0.2, 0.25) is 0 Å². The lowest BCUT2D eigenvalue weighted by atomic mass is 10.1. The molecule has 1 heterocycles. The molecular weight excluding hydrogens is 302 g/mol. The van der Waals surface area contributed by atoms with E-state index in [9.17, 15) is 0 Å². The molecule has 106 valence electrons. The number of halogens is 1. The summed E-state index contributed by atoms with van der Waals surface area (Å²) in [5.41, 5.74) is 2.73. The number of nitrogens with zero attached hydrogens (tertiary/aromatic N) is 1. The molecule has 1 aliphatic heterocycles. The number of aryl methyl sites for hydroxylation is 1. The van der Waals surface area contributed by atoms with Gasteiger partial charge in [-0.2, -0.15) is 0 Å². The van der Waals surface area contributed by atoms with Crippen molar-refractivity contribution in [1.82, 2.24) is 15.5 Å². The number of nitrogens with one attached hydrogen (secondary N) is 2. The topological polar surface area (TPSA) is 27.3 Å². The first-order valence-corrected chi connectivity index (χ1v) is 7.86. The van der Waals surface area contributed by atoms with Gasteiger partial charge in [0, 0.05) is 49.8 Å². The predicted molar refractivity (Wildman–Crippen MR) is 84.5 cm³/mol. The minimum Gasteiger partial charge on any atom is -0.314 e. The molecule has 4 heteroatoms. The fraction of sp³-hybridized carbons (Fsp3) is 0.600. The van der Waals surface area contributed by atoms with E-state index in [1.165, 1.54) is 24.2 Å². The summed E-state index contributed by atoms with van der Waals surface area (Å²) >= 11 is 3.54. The molecule has 2 rings (SSSR count). The molecule has 3 nitrogen and oxygen atoms in total. The Kier molecular flexibility index (Phi) is 5.82. The molecular formula is C15H24BrN3. The Morgan fingerprint density at radius 2 is 2.11 bits per heavy atom.